The molecule has 2 N–H and O–H groups in total. The number of ether oxygens (including phenoxy) is 1. The van der Waals surface area contributed by atoms with E-state index in [2.05, 4.69) is 20.6 Å². The molecule has 2 amide bonds. The average Bonchev–Trinajstić information content (AvgIpc) is 2.88. The lowest BCUT2D eigenvalue weighted by atomic mass is 9.91. The van der Waals surface area contributed by atoms with Crippen LogP contribution in [-0.2, 0) is 9.53 Å². The number of halogens is 2. The van der Waals surface area contributed by atoms with Gasteiger partial charge >= 0.3 is 5.92 Å². The summed E-state index contributed by atoms with van der Waals surface area (Å²) in [5.41, 5.74) is 1.43. The van der Waals surface area contributed by atoms with Gasteiger partial charge in [-0.3, -0.25) is 9.59 Å². The number of carbonyl (C=O) groups is 2. The number of anilines is 4. The molecule has 1 aliphatic carbocycles. The summed E-state index contributed by atoms with van der Waals surface area (Å²) >= 11 is 0. The van der Waals surface area contributed by atoms with Crippen LogP contribution >= 0.6 is 0 Å². The van der Waals surface area contributed by atoms with Crippen LogP contribution in [0.2, 0.25) is 0 Å². The number of hydrogen-bond donors (Lipinski definition) is 2. The van der Waals surface area contributed by atoms with Crippen molar-refractivity contribution in [2.75, 3.05) is 41.9 Å². The van der Waals surface area contributed by atoms with Crippen molar-refractivity contribution in [1.82, 2.24) is 15.3 Å². The van der Waals surface area contributed by atoms with E-state index in [0.29, 0.717) is 30.3 Å². The maximum absolute atomic E-state index is 14.6. The minimum atomic E-state index is -3.51. The highest BCUT2D eigenvalue weighted by molar-refractivity contribution is 6.02. The lowest BCUT2D eigenvalue weighted by Crippen LogP contribution is -2.50. The van der Waals surface area contributed by atoms with E-state index in [1.165, 1.54) is 18.1 Å². The number of fused-ring (bicyclic) bond motifs is 1. The average molecular weight is 487 g/mol. The second-order valence-electron chi connectivity index (χ2n) is 9.25. The second kappa shape index (κ2) is 9.37. The van der Waals surface area contributed by atoms with Crippen LogP contribution in [0.5, 0.6) is 0 Å². The topological polar surface area (TPSA) is 99.7 Å². The van der Waals surface area contributed by atoms with Gasteiger partial charge in [0, 0.05) is 43.6 Å². The van der Waals surface area contributed by atoms with Gasteiger partial charge in [-0.2, -0.15) is 13.8 Å². The molecule has 1 aromatic carbocycles. The summed E-state index contributed by atoms with van der Waals surface area (Å²) in [6.07, 6.45) is 5.49. The van der Waals surface area contributed by atoms with Gasteiger partial charge < -0.3 is 25.2 Å². The Kier molecular flexibility index (Phi) is 6.26. The third-order valence-corrected chi connectivity index (χ3v) is 6.85. The Morgan fingerprint density at radius 3 is 2.51 bits per heavy atom. The fourth-order valence-corrected chi connectivity index (χ4v) is 4.53. The Morgan fingerprint density at radius 1 is 1.14 bits per heavy atom. The highest BCUT2D eigenvalue weighted by Crippen LogP contribution is 2.40. The zero-order valence-electron chi connectivity index (χ0n) is 19.5. The molecule has 1 aromatic heterocycles. The fraction of sp³-hybridized carbons (Fsp3) is 0.500. The molecule has 1 saturated carbocycles. The third-order valence-electron chi connectivity index (χ3n) is 6.85. The van der Waals surface area contributed by atoms with Gasteiger partial charge in [0.2, 0.25) is 5.95 Å². The van der Waals surface area contributed by atoms with Gasteiger partial charge in [-0.15, -0.1) is 0 Å². The van der Waals surface area contributed by atoms with E-state index in [1.54, 1.807) is 24.3 Å². The van der Waals surface area contributed by atoms with Crippen LogP contribution in [0, 0.1) is 0 Å². The zero-order chi connectivity index (χ0) is 24.6. The first-order valence-electron chi connectivity index (χ1n) is 11.9. The van der Waals surface area contributed by atoms with Crippen molar-refractivity contribution >= 4 is 35.0 Å². The van der Waals surface area contributed by atoms with E-state index >= 15 is 0 Å². The Morgan fingerprint density at radius 2 is 1.86 bits per heavy atom. The van der Waals surface area contributed by atoms with Crippen LogP contribution in [0.25, 0.3) is 0 Å². The Bertz CT molecular complexity index is 1100. The minimum absolute atomic E-state index is 0.0878. The molecule has 186 valence electrons. The number of rotatable bonds is 5. The van der Waals surface area contributed by atoms with Crippen LogP contribution < -0.4 is 20.4 Å². The predicted octanol–water partition coefficient (Wildman–Crippen LogP) is 3.10. The molecule has 9 nitrogen and oxygen atoms in total. The predicted molar refractivity (Wildman–Crippen MR) is 126 cm³/mol. The monoisotopic (exact) mass is 486 g/mol. The Hall–Kier alpha value is -3.34. The number of hydrogen-bond acceptors (Lipinski definition) is 7. The normalized spacial score (nSPS) is 20.6. The summed E-state index contributed by atoms with van der Waals surface area (Å²) in [5.74, 6) is -4.39. The number of alkyl halides is 2. The summed E-state index contributed by atoms with van der Waals surface area (Å²) in [6.45, 7) is 0.587. The fourth-order valence-electron chi connectivity index (χ4n) is 4.53. The number of amides is 2. The van der Waals surface area contributed by atoms with E-state index in [1.807, 2.05) is 0 Å². The summed E-state index contributed by atoms with van der Waals surface area (Å²) in [4.78, 5) is 36.1. The number of nitrogens with one attached hydrogen (secondary N) is 2. The summed E-state index contributed by atoms with van der Waals surface area (Å²) in [6, 6.07) is 6.90. The number of aromatic nitrogens is 2. The van der Waals surface area contributed by atoms with Crippen LogP contribution in [-0.4, -0.2) is 66.6 Å². The third kappa shape index (κ3) is 4.77. The molecule has 0 atom stereocenters. The molecular weight excluding hydrogens is 458 g/mol. The van der Waals surface area contributed by atoms with E-state index in [9.17, 15) is 18.4 Å². The molecule has 0 unspecified atom stereocenters. The van der Waals surface area contributed by atoms with Gasteiger partial charge in [-0.1, -0.05) is 0 Å². The molecule has 5 rings (SSSR count). The molecule has 35 heavy (non-hydrogen) atoms. The first kappa shape index (κ1) is 23.4. The molecule has 2 fully saturated rings. The smallest absolute Gasteiger partial charge is 0.342 e. The van der Waals surface area contributed by atoms with Gasteiger partial charge in [-0.05, 0) is 56.4 Å². The molecule has 3 heterocycles. The lowest BCUT2D eigenvalue weighted by molar-refractivity contribution is -0.140. The maximum Gasteiger partial charge on any atom is 0.342 e. The molecule has 0 spiro atoms. The minimum Gasteiger partial charge on any atom is -0.381 e. The van der Waals surface area contributed by atoms with Crippen LogP contribution in [0.4, 0.5) is 31.9 Å². The van der Waals surface area contributed by atoms with E-state index in [-0.39, 0.29) is 29.6 Å². The van der Waals surface area contributed by atoms with Crippen LogP contribution in [0.1, 0.15) is 42.5 Å². The molecular formula is C24H28F2N6O3. The number of nitrogens with zero attached hydrogens (tertiary/aromatic N) is 4. The van der Waals surface area contributed by atoms with Gasteiger partial charge in [0.05, 0.1) is 12.7 Å². The number of carbonyl (C=O) groups excluding carboxylic acids is 2. The van der Waals surface area contributed by atoms with Crippen molar-refractivity contribution in [1.29, 1.82) is 0 Å². The van der Waals surface area contributed by atoms with Crippen LogP contribution in [0.15, 0.2) is 30.5 Å². The highest BCUT2D eigenvalue weighted by Gasteiger charge is 2.49. The molecule has 0 radical (unpaired) electrons. The first-order valence-corrected chi connectivity index (χ1v) is 11.9. The van der Waals surface area contributed by atoms with E-state index in [4.69, 9.17) is 4.74 Å². The lowest BCUT2D eigenvalue weighted by Gasteiger charge is -2.38. The Balaban J connectivity index is 1.34. The van der Waals surface area contributed by atoms with Crippen LogP contribution in [0.3, 0.4) is 0 Å². The molecule has 0 bridgehead atoms. The largest absolute Gasteiger partial charge is 0.381 e. The van der Waals surface area contributed by atoms with Crippen molar-refractivity contribution in [3.8, 4) is 0 Å². The molecule has 1 saturated heterocycles. The SMILES string of the molecule is CN1C(=O)C(F)(F)CN(C2CCC2)c2nc(Nc3ccc(C(=O)NC4CCOCC4)cc3)ncc21. The standard InChI is InChI=1S/C24H28F2N6O3/c1-31-19-13-27-23(30-20(19)32(18-3-2-4-18)14-24(25,26)22(31)34)29-16-7-5-15(6-8-16)21(33)28-17-9-11-35-12-10-17/h5-8,13,17-18H,2-4,9-12,14H2,1H3,(H,28,33)(H,27,29,30). The van der Waals surface area contributed by atoms with Gasteiger partial charge in [-0.25, -0.2) is 4.98 Å². The van der Waals surface area contributed by atoms with Gasteiger partial charge in [0.25, 0.3) is 11.8 Å². The Labute approximate surface area is 201 Å². The highest BCUT2D eigenvalue weighted by atomic mass is 19.3. The van der Waals surface area contributed by atoms with Crippen molar-refractivity contribution in [2.45, 2.75) is 50.1 Å². The number of benzene rings is 1. The summed E-state index contributed by atoms with van der Waals surface area (Å²) < 4.78 is 34.5. The quantitative estimate of drug-likeness (QED) is 0.670. The van der Waals surface area contributed by atoms with E-state index in [0.717, 1.165) is 37.0 Å². The first-order chi connectivity index (χ1) is 16.8. The van der Waals surface area contributed by atoms with Crippen molar-refractivity contribution < 1.29 is 23.1 Å². The maximum atomic E-state index is 14.6. The second-order valence-corrected chi connectivity index (χ2v) is 9.25. The van der Waals surface area contributed by atoms with Crippen molar-refractivity contribution in [3.63, 3.8) is 0 Å². The van der Waals surface area contributed by atoms with Gasteiger partial charge in [0.15, 0.2) is 5.82 Å². The van der Waals surface area contributed by atoms with Gasteiger partial charge in [0.1, 0.15) is 5.69 Å². The molecule has 2 aliphatic heterocycles. The molecule has 2 aromatic rings. The molecule has 11 heteroatoms. The summed E-state index contributed by atoms with van der Waals surface area (Å²) in [5, 5.41) is 6.10. The van der Waals surface area contributed by atoms with Crippen molar-refractivity contribution in [2.24, 2.45) is 0 Å². The van der Waals surface area contributed by atoms with E-state index < -0.39 is 18.4 Å². The summed E-state index contributed by atoms with van der Waals surface area (Å²) in [7, 11) is 1.32. The molecule has 3 aliphatic rings. The zero-order valence-corrected chi connectivity index (χ0v) is 19.5. The van der Waals surface area contributed by atoms with Crippen molar-refractivity contribution in [3.05, 3.63) is 36.0 Å².